The molecule has 0 unspecified atom stereocenters. The minimum Gasteiger partial charge on any atom is -0.352 e. The van der Waals surface area contributed by atoms with E-state index in [9.17, 15) is 0 Å². The van der Waals surface area contributed by atoms with Crippen LogP contribution in [0.5, 0.6) is 0 Å². The van der Waals surface area contributed by atoms with Crippen LogP contribution in [0.15, 0.2) is 0 Å². The molecular weight excluding hydrogens is 265 g/mol. The van der Waals surface area contributed by atoms with E-state index in [2.05, 4.69) is 21.6 Å². The minimum atomic E-state index is -0.260. The molecule has 0 saturated heterocycles. The van der Waals surface area contributed by atoms with Crippen LogP contribution in [0.2, 0.25) is 0 Å². The Kier molecular flexibility index (Phi) is 3.93. The van der Waals surface area contributed by atoms with E-state index >= 15 is 0 Å². The smallest absolute Gasteiger partial charge is 0.203 e. The molecule has 0 aromatic carbocycles. The second-order valence-electron chi connectivity index (χ2n) is 4.26. The van der Waals surface area contributed by atoms with Gasteiger partial charge in [0.05, 0.1) is 5.54 Å². The van der Waals surface area contributed by atoms with E-state index in [1.54, 1.807) is 0 Å². The Morgan fingerprint density at radius 3 is 2.62 bits per heavy atom. The van der Waals surface area contributed by atoms with Crippen LogP contribution in [-0.4, -0.2) is 26.7 Å². The van der Waals surface area contributed by atoms with Crippen LogP contribution in [0.25, 0.3) is 0 Å². The molecule has 6 heteroatoms. The Bertz CT molecular complexity index is 339. The summed E-state index contributed by atoms with van der Waals surface area (Å²) in [5, 5.41) is 4.16. The van der Waals surface area contributed by atoms with E-state index in [0.717, 1.165) is 17.4 Å². The molecule has 0 spiro atoms. The van der Waals surface area contributed by atoms with Gasteiger partial charge in [-0.25, -0.2) is 4.98 Å². The standard InChI is InChI=1S/C10H15Cl2N3S/c1-2-10(5-11,6-12)14-9-13-8(15-16-9)7-3-4-7/h7H,2-6H2,1H3,(H,13,14,15). The van der Waals surface area contributed by atoms with Gasteiger partial charge in [0.1, 0.15) is 5.82 Å². The summed E-state index contributed by atoms with van der Waals surface area (Å²) >= 11 is 13.3. The molecule has 1 fully saturated rings. The molecule has 1 aromatic rings. The normalized spacial score (nSPS) is 16.4. The van der Waals surface area contributed by atoms with Gasteiger partial charge in [0.25, 0.3) is 0 Å². The summed E-state index contributed by atoms with van der Waals surface area (Å²) < 4.78 is 4.35. The molecular formula is C10H15Cl2N3S. The number of nitrogens with one attached hydrogen (secondary N) is 1. The average Bonchev–Trinajstić information content (AvgIpc) is 3.08. The van der Waals surface area contributed by atoms with Crippen molar-refractivity contribution in [1.82, 2.24) is 9.36 Å². The lowest BCUT2D eigenvalue weighted by Crippen LogP contribution is -2.41. The summed E-state index contributed by atoms with van der Waals surface area (Å²) in [6.45, 7) is 2.07. The van der Waals surface area contributed by atoms with Gasteiger partial charge in [-0.3, -0.25) is 0 Å². The summed E-state index contributed by atoms with van der Waals surface area (Å²) in [6.07, 6.45) is 3.32. The summed E-state index contributed by atoms with van der Waals surface area (Å²) in [6, 6.07) is 0. The van der Waals surface area contributed by atoms with Gasteiger partial charge < -0.3 is 5.32 Å². The van der Waals surface area contributed by atoms with Gasteiger partial charge in [0.2, 0.25) is 5.13 Å². The Morgan fingerprint density at radius 1 is 1.44 bits per heavy atom. The second-order valence-corrected chi connectivity index (χ2v) is 5.54. The predicted molar refractivity (Wildman–Crippen MR) is 70.0 cm³/mol. The van der Waals surface area contributed by atoms with Crippen molar-refractivity contribution in [3.05, 3.63) is 5.82 Å². The summed E-state index contributed by atoms with van der Waals surface area (Å²) in [5.74, 6) is 2.52. The highest BCUT2D eigenvalue weighted by molar-refractivity contribution is 7.09. The van der Waals surface area contributed by atoms with Crippen LogP contribution in [-0.2, 0) is 0 Å². The van der Waals surface area contributed by atoms with Crippen molar-refractivity contribution in [3.8, 4) is 0 Å². The lowest BCUT2D eigenvalue weighted by atomic mass is 10.0. The van der Waals surface area contributed by atoms with Crippen molar-refractivity contribution in [1.29, 1.82) is 0 Å². The first-order valence-corrected chi connectivity index (χ1v) is 7.31. The number of hydrogen-bond donors (Lipinski definition) is 1. The zero-order valence-corrected chi connectivity index (χ0v) is 11.5. The molecule has 1 saturated carbocycles. The minimum absolute atomic E-state index is 0.260. The predicted octanol–water partition coefficient (Wildman–Crippen LogP) is 3.45. The number of aromatic nitrogens is 2. The summed E-state index contributed by atoms with van der Waals surface area (Å²) in [4.78, 5) is 4.48. The van der Waals surface area contributed by atoms with Gasteiger partial charge in [-0.1, -0.05) is 6.92 Å². The fourth-order valence-electron chi connectivity index (χ4n) is 1.40. The van der Waals surface area contributed by atoms with Crippen molar-refractivity contribution in [2.45, 2.75) is 37.6 Å². The van der Waals surface area contributed by atoms with E-state index in [4.69, 9.17) is 23.2 Å². The van der Waals surface area contributed by atoms with Gasteiger partial charge in [0, 0.05) is 29.2 Å². The molecule has 3 nitrogen and oxygen atoms in total. The molecule has 0 radical (unpaired) electrons. The third-order valence-corrected chi connectivity index (χ3v) is 4.61. The number of rotatable bonds is 6. The van der Waals surface area contributed by atoms with Gasteiger partial charge in [-0.2, -0.15) is 4.37 Å². The lowest BCUT2D eigenvalue weighted by Gasteiger charge is -2.28. The van der Waals surface area contributed by atoms with E-state index in [0.29, 0.717) is 17.7 Å². The molecule has 0 amide bonds. The zero-order chi connectivity index (χ0) is 11.6. The molecule has 1 aromatic heterocycles. The van der Waals surface area contributed by atoms with Gasteiger partial charge >= 0.3 is 0 Å². The highest BCUT2D eigenvalue weighted by atomic mass is 35.5. The first-order chi connectivity index (χ1) is 7.73. The van der Waals surface area contributed by atoms with Crippen LogP contribution in [0.3, 0.4) is 0 Å². The Hall–Kier alpha value is -0.0600. The van der Waals surface area contributed by atoms with Crippen LogP contribution in [0.1, 0.15) is 37.9 Å². The third kappa shape index (κ3) is 2.60. The van der Waals surface area contributed by atoms with Crippen LogP contribution >= 0.6 is 34.7 Å². The number of nitrogens with zero attached hydrogens (tertiary/aromatic N) is 2. The fraction of sp³-hybridized carbons (Fsp3) is 0.800. The molecule has 0 bridgehead atoms. The maximum absolute atomic E-state index is 5.97. The molecule has 1 heterocycles. The topological polar surface area (TPSA) is 37.8 Å². The van der Waals surface area contributed by atoms with Crippen LogP contribution in [0.4, 0.5) is 5.13 Å². The van der Waals surface area contributed by atoms with E-state index < -0.39 is 0 Å². The summed E-state index contributed by atoms with van der Waals surface area (Å²) in [5.41, 5.74) is -0.260. The molecule has 90 valence electrons. The molecule has 2 rings (SSSR count). The van der Waals surface area contributed by atoms with Gasteiger partial charge in [-0.05, 0) is 19.3 Å². The number of halogens is 2. The van der Waals surface area contributed by atoms with E-state index in [1.165, 1.54) is 24.4 Å². The highest BCUT2D eigenvalue weighted by Gasteiger charge is 2.30. The molecule has 16 heavy (non-hydrogen) atoms. The quantitative estimate of drug-likeness (QED) is 0.811. The molecule has 0 atom stereocenters. The Labute approximate surface area is 110 Å². The largest absolute Gasteiger partial charge is 0.352 e. The molecule has 1 N–H and O–H groups in total. The van der Waals surface area contributed by atoms with Crippen molar-refractivity contribution < 1.29 is 0 Å². The third-order valence-electron chi connectivity index (χ3n) is 2.94. The molecule has 0 aliphatic heterocycles. The van der Waals surface area contributed by atoms with Crippen molar-refractivity contribution in [2.24, 2.45) is 0 Å². The monoisotopic (exact) mass is 279 g/mol. The zero-order valence-electron chi connectivity index (χ0n) is 9.17. The Balaban J connectivity index is 2.05. The summed E-state index contributed by atoms with van der Waals surface area (Å²) in [7, 11) is 0. The van der Waals surface area contributed by atoms with Crippen LogP contribution in [0, 0.1) is 0 Å². The average molecular weight is 280 g/mol. The van der Waals surface area contributed by atoms with Crippen molar-refractivity contribution in [3.63, 3.8) is 0 Å². The van der Waals surface area contributed by atoms with Crippen molar-refractivity contribution in [2.75, 3.05) is 17.1 Å². The SMILES string of the molecule is CCC(CCl)(CCl)Nc1nc(C2CC2)ns1. The molecule has 1 aliphatic rings. The van der Waals surface area contributed by atoms with Crippen LogP contribution < -0.4 is 5.32 Å². The van der Waals surface area contributed by atoms with Crippen molar-refractivity contribution >= 4 is 39.9 Å². The van der Waals surface area contributed by atoms with E-state index in [-0.39, 0.29) is 5.54 Å². The number of hydrogen-bond acceptors (Lipinski definition) is 4. The highest BCUT2D eigenvalue weighted by Crippen LogP contribution is 2.39. The number of alkyl halides is 2. The van der Waals surface area contributed by atoms with Gasteiger partial charge in [-0.15, -0.1) is 23.2 Å². The second kappa shape index (κ2) is 5.07. The molecule has 1 aliphatic carbocycles. The first-order valence-electron chi connectivity index (χ1n) is 5.46. The van der Waals surface area contributed by atoms with E-state index in [1.807, 2.05) is 0 Å². The fourth-order valence-corrected chi connectivity index (χ4v) is 2.96. The van der Waals surface area contributed by atoms with Gasteiger partial charge in [0.15, 0.2) is 0 Å². The Morgan fingerprint density at radius 2 is 2.12 bits per heavy atom. The number of anilines is 1. The maximum atomic E-state index is 5.97. The maximum Gasteiger partial charge on any atom is 0.203 e. The first kappa shape index (κ1) is 12.4. The lowest BCUT2D eigenvalue weighted by molar-refractivity contribution is 0.559.